The van der Waals surface area contributed by atoms with E-state index in [0.29, 0.717) is 28.1 Å². The first kappa shape index (κ1) is 40.4. The van der Waals surface area contributed by atoms with E-state index >= 15 is 0 Å². The summed E-state index contributed by atoms with van der Waals surface area (Å²) in [5.41, 5.74) is 12.6. The largest absolute Gasteiger partial charge is 0.416 e. The summed E-state index contributed by atoms with van der Waals surface area (Å²) in [6.45, 7) is 0. The molecule has 0 N–H and O–H groups in total. The molecule has 8 aromatic carbocycles. The van der Waals surface area contributed by atoms with Gasteiger partial charge in [0.2, 0.25) is 0 Å². The number of para-hydroxylation sites is 2. The van der Waals surface area contributed by atoms with E-state index < -0.39 is 11.7 Å². The van der Waals surface area contributed by atoms with Crippen molar-refractivity contribution >= 4 is 43.6 Å². The van der Waals surface area contributed by atoms with Gasteiger partial charge < -0.3 is 9.13 Å². The molecule has 8 heteroatoms. The van der Waals surface area contributed by atoms with Crippen LogP contribution in [0.5, 0.6) is 0 Å². The summed E-state index contributed by atoms with van der Waals surface area (Å²) in [4.78, 5) is 9.59. The molecule has 0 aliphatic rings. The Morgan fingerprint density at radius 1 is 0.368 bits per heavy atom. The lowest BCUT2D eigenvalue weighted by atomic mass is 9.98. The predicted octanol–water partition coefficient (Wildman–Crippen LogP) is 15.9. The van der Waals surface area contributed by atoms with Crippen molar-refractivity contribution in [2.75, 3.05) is 0 Å². The van der Waals surface area contributed by atoms with Crippen LogP contribution in [0.25, 0.3) is 111 Å². The number of pyridine rings is 2. The highest BCUT2D eigenvalue weighted by Crippen LogP contribution is 2.43. The Balaban J connectivity index is 1.07. The van der Waals surface area contributed by atoms with E-state index in [1.165, 1.54) is 12.1 Å². The highest BCUT2D eigenvalue weighted by atomic mass is 19.4. The van der Waals surface area contributed by atoms with E-state index in [2.05, 4.69) is 75.9 Å². The molecule has 0 amide bonds. The molecule has 12 rings (SSSR count). The zero-order chi connectivity index (χ0) is 45.9. The number of aromatic nitrogens is 4. The van der Waals surface area contributed by atoms with Crippen LogP contribution in [0.4, 0.5) is 13.2 Å². The normalized spacial score (nSPS) is 11.7. The summed E-state index contributed by atoms with van der Waals surface area (Å²) in [5, 5.41) is 15.3. The molecule has 0 aliphatic carbocycles. The average Bonchev–Trinajstić information content (AvgIpc) is 3.90. The summed E-state index contributed by atoms with van der Waals surface area (Å²) < 4.78 is 47.2. The zero-order valence-corrected chi connectivity index (χ0v) is 36.2. The van der Waals surface area contributed by atoms with E-state index in [-0.39, 0.29) is 0 Å². The maximum Gasteiger partial charge on any atom is 0.416 e. The van der Waals surface area contributed by atoms with Crippen LogP contribution in [0.15, 0.2) is 219 Å². The Kier molecular flexibility index (Phi) is 9.59. The highest BCUT2D eigenvalue weighted by molar-refractivity contribution is 6.12. The van der Waals surface area contributed by atoms with Gasteiger partial charge in [-0.3, -0.25) is 9.97 Å². The fourth-order valence-corrected chi connectivity index (χ4v) is 9.63. The molecule has 12 aromatic rings. The Morgan fingerprint density at radius 2 is 0.794 bits per heavy atom. The lowest BCUT2D eigenvalue weighted by Gasteiger charge is -2.19. The fraction of sp³-hybridized carbons (Fsp3) is 0.0167. The molecule has 322 valence electrons. The molecule has 0 spiro atoms. The Morgan fingerprint density at radius 3 is 1.25 bits per heavy atom. The van der Waals surface area contributed by atoms with E-state index in [1.807, 2.05) is 134 Å². The number of alkyl halides is 3. The van der Waals surface area contributed by atoms with Gasteiger partial charge in [0.1, 0.15) is 11.6 Å². The number of hydrogen-bond donors (Lipinski definition) is 0. The predicted molar refractivity (Wildman–Crippen MR) is 268 cm³/mol. The molecule has 0 unspecified atom stereocenters. The molecule has 0 saturated heterocycles. The number of nitriles is 1. The highest BCUT2D eigenvalue weighted by Gasteiger charge is 2.31. The quantitative estimate of drug-likeness (QED) is 0.160. The van der Waals surface area contributed by atoms with Crippen LogP contribution in [-0.2, 0) is 6.18 Å². The first-order valence-corrected chi connectivity index (χ1v) is 22.2. The number of hydrogen-bond acceptors (Lipinski definition) is 3. The average molecular weight is 884 g/mol. The maximum absolute atomic E-state index is 14.4. The number of benzene rings is 8. The van der Waals surface area contributed by atoms with Crippen LogP contribution in [-0.4, -0.2) is 19.1 Å². The number of nitrogens with zero attached hydrogens (tertiary/aromatic N) is 5. The van der Waals surface area contributed by atoms with E-state index in [1.54, 1.807) is 6.07 Å². The zero-order valence-electron chi connectivity index (χ0n) is 36.2. The minimum atomic E-state index is -4.56. The van der Waals surface area contributed by atoms with Crippen molar-refractivity contribution in [3.05, 3.63) is 230 Å². The SMILES string of the molecule is N#Cc1c(-n2c3ccccc3c3cc(-c4ccc(-c5ccccc5)nc4)ccc32)cc(-c2cccc(C(F)(F)F)c2)cc1-n1c2ccccc2c2cc(-c3ccc(-c4ccccc4)nc3)ccc21. The van der Waals surface area contributed by atoms with Crippen LogP contribution in [0.1, 0.15) is 11.1 Å². The fourth-order valence-electron chi connectivity index (χ4n) is 9.63. The van der Waals surface area contributed by atoms with Gasteiger partial charge in [-0.25, -0.2) is 0 Å². The van der Waals surface area contributed by atoms with Crippen molar-refractivity contribution in [1.29, 1.82) is 5.26 Å². The smallest absolute Gasteiger partial charge is 0.308 e. The first-order chi connectivity index (χ1) is 33.3. The Labute approximate surface area is 388 Å². The Hall–Kier alpha value is -9.06. The molecule has 0 radical (unpaired) electrons. The monoisotopic (exact) mass is 883 g/mol. The minimum absolute atomic E-state index is 0.362. The second-order valence-electron chi connectivity index (χ2n) is 16.8. The third-order valence-corrected chi connectivity index (χ3v) is 12.9. The lowest BCUT2D eigenvalue weighted by molar-refractivity contribution is -0.137. The molecule has 68 heavy (non-hydrogen) atoms. The lowest BCUT2D eigenvalue weighted by Crippen LogP contribution is -2.06. The van der Waals surface area contributed by atoms with Crippen molar-refractivity contribution in [3.8, 4) is 73.3 Å². The van der Waals surface area contributed by atoms with Gasteiger partial charge >= 0.3 is 6.18 Å². The maximum atomic E-state index is 14.4. The molecule has 4 heterocycles. The molecule has 0 fully saturated rings. The number of fused-ring (bicyclic) bond motifs is 6. The van der Waals surface area contributed by atoms with Crippen molar-refractivity contribution < 1.29 is 13.2 Å². The standard InChI is InChI=1S/C60H36F3N5/c61-60(62,63)46-17-11-16-40(30-46)45-33-58(67-54-20-9-7-18-47(54)49-31-41(24-28-56(49)67)43-22-26-52(65-36-43)38-12-3-1-4-13-38)51(35-64)59(34-45)68-55-21-10-8-19-48(55)50-32-42(25-29-57(50)68)44-23-27-53(66-37-44)39-14-5-2-6-15-39/h1-34,36-37H. The van der Waals surface area contributed by atoms with Gasteiger partial charge in [0, 0.05) is 56.2 Å². The van der Waals surface area contributed by atoms with E-state index in [0.717, 1.165) is 94.4 Å². The van der Waals surface area contributed by atoms with E-state index in [4.69, 9.17) is 9.97 Å². The second-order valence-corrected chi connectivity index (χ2v) is 16.8. The number of halogens is 3. The molecule has 5 nitrogen and oxygen atoms in total. The molecule has 0 aliphatic heterocycles. The minimum Gasteiger partial charge on any atom is -0.308 e. The van der Waals surface area contributed by atoms with Gasteiger partial charge in [0.25, 0.3) is 0 Å². The van der Waals surface area contributed by atoms with Gasteiger partial charge in [-0.1, -0.05) is 133 Å². The van der Waals surface area contributed by atoms with Crippen molar-refractivity contribution in [2.24, 2.45) is 0 Å². The third-order valence-electron chi connectivity index (χ3n) is 12.9. The van der Waals surface area contributed by atoms with Crippen molar-refractivity contribution in [2.45, 2.75) is 6.18 Å². The molecule has 0 atom stereocenters. The molecule has 4 aromatic heterocycles. The summed E-state index contributed by atoms with van der Waals surface area (Å²) in [5.74, 6) is 0. The van der Waals surface area contributed by atoms with Crippen LogP contribution >= 0.6 is 0 Å². The third kappa shape index (κ3) is 6.88. The second kappa shape index (κ2) is 16.1. The topological polar surface area (TPSA) is 59.4 Å². The van der Waals surface area contributed by atoms with Crippen molar-refractivity contribution in [1.82, 2.24) is 19.1 Å². The van der Waals surface area contributed by atoms with Gasteiger partial charge in [0.15, 0.2) is 0 Å². The molecule has 0 bridgehead atoms. The summed E-state index contributed by atoms with van der Waals surface area (Å²) >= 11 is 0. The summed E-state index contributed by atoms with van der Waals surface area (Å²) in [7, 11) is 0. The van der Waals surface area contributed by atoms with Gasteiger partial charge in [-0.15, -0.1) is 0 Å². The molecule has 0 saturated carbocycles. The van der Waals surface area contributed by atoms with Crippen LogP contribution in [0, 0.1) is 11.3 Å². The van der Waals surface area contributed by atoms with Gasteiger partial charge in [0.05, 0.1) is 50.4 Å². The van der Waals surface area contributed by atoms with E-state index in [9.17, 15) is 18.4 Å². The molecular weight excluding hydrogens is 848 g/mol. The van der Waals surface area contributed by atoms with Crippen molar-refractivity contribution in [3.63, 3.8) is 0 Å². The summed E-state index contributed by atoms with van der Waals surface area (Å²) in [6, 6.07) is 68.5. The molecular formula is C60H36F3N5. The summed E-state index contributed by atoms with van der Waals surface area (Å²) in [6.07, 6.45) is -0.791. The van der Waals surface area contributed by atoms with Crippen LogP contribution in [0.3, 0.4) is 0 Å². The van der Waals surface area contributed by atoms with Gasteiger partial charge in [-0.2, -0.15) is 18.4 Å². The van der Waals surface area contributed by atoms with Crippen LogP contribution < -0.4 is 0 Å². The van der Waals surface area contributed by atoms with Crippen LogP contribution in [0.2, 0.25) is 0 Å². The Bertz CT molecular complexity index is 3720. The van der Waals surface area contributed by atoms with Gasteiger partial charge in [-0.05, 0) is 95.1 Å². The number of rotatable bonds is 7. The first-order valence-electron chi connectivity index (χ1n) is 22.2.